The number of imidazole rings is 1. The predicted octanol–water partition coefficient (Wildman–Crippen LogP) is 3.87. The monoisotopic (exact) mass is 522 g/mol. The van der Waals surface area contributed by atoms with Gasteiger partial charge in [0.2, 0.25) is 0 Å². The van der Waals surface area contributed by atoms with E-state index in [1.165, 1.54) is 11.8 Å². The van der Waals surface area contributed by atoms with E-state index in [1.54, 1.807) is 18.6 Å². The van der Waals surface area contributed by atoms with E-state index < -0.39 is 0 Å². The summed E-state index contributed by atoms with van der Waals surface area (Å²) in [5.74, 6) is 1.68. The molecule has 3 N–H and O–H groups in total. The van der Waals surface area contributed by atoms with Crippen LogP contribution in [0.4, 0.5) is 5.82 Å². The number of nitrogens with two attached hydrogens (primary N) is 1. The van der Waals surface area contributed by atoms with Crippen LogP contribution in [-0.4, -0.2) is 61.7 Å². The Morgan fingerprint density at radius 1 is 1.17 bits per heavy atom. The van der Waals surface area contributed by atoms with Gasteiger partial charge in [-0.25, -0.2) is 15.0 Å². The predicted molar refractivity (Wildman–Crippen MR) is 139 cm³/mol. The number of H-pyrrole nitrogens is 1. The molecule has 0 saturated carbocycles. The summed E-state index contributed by atoms with van der Waals surface area (Å²) in [6, 6.07) is 4.03. The van der Waals surface area contributed by atoms with Crippen LogP contribution in [0, 0.1) is 5.41 Å². The molecule has 36 heavy (non-hydrogen) atoms. The third kappa shape index (κ3) is 4.43. The van der Waals surface area contributed by atoms with Crippen LogP contribution < -0.4 is 10.6 Å². The third-order valence-electron chi connectivity index (χ3n) is 7.33. The molecule has 2 atom stereocenters. The van der Waals surface area contributed by atoms with E-state index in [4.69, 9.17) is 27.1 Å². The summed E-state index contributed by atoms with van der Waals surface area (Å²) >= 11 is 8.23. The first-order valence-corrected chi connectivity index (χ1v) is 13.2. The van der Waals surface area contributed by atoms with Crippen molar-refractivity contribution in [2.75, 3.05) is 24.6 Å². The molecule has 1 aromatic carbocycles. The molecule has 5 heterocycles. The second-order valence-electron chi connectivity index (χ2n) is 9.54. The molecule has 4 aromatic rings. The van der Waals surface area contributed by atoms with Crippen molar-refractivity contribution in [3.8, 4) is 0 Å². The summed E-state index contributed by atoms with van der Waals surface area (Å²) in [6.07, 6.45) is 11.4. The molecule has 3 aromatic heterocycles. The number of aromatic amines is 1. The summed E-state index contributed by atoms with van der Waals surface area (Å²) in [5, 5.41) is 1.40. The number of piperidine rings is 1. The van der Waals surface area contributed by atoms with Crippen LogP contribution >= 0.6 is 23.4 Å². The van der Waals surface area contributed by atoms with Gasteiger partial charge in [0.1, 0.15) is 16.7 Å². The Labute approximate surface area is 218 Å². The number of hydrogen-bond donors (Lipinski definition) is 2. The van der Waals surface area contributed by atoms with Gasteiger partial charge in [-0.2, -0.15) is 0 Å². The smallest absolute Gasteiger partial charge is 0.147 e. The SMILES string of the molecule is C[C@@H]1OCC2(CCN(c3cnc(Sc4ccc5nc(Cc6cnccn6)[nH]c5c4Cl)cn3)CC2)[C@@H]1N. The van der Waals surface area contributed by atoms with Gasteiger partial charge in [-0.1, -0.05) is 23.4 Å². The van der Waals surface area contributed by atoms with Gasteiger partial charge in [0.25, 0.3) is 0 Å². The van der Waals surface area contributed by atoms with Crippen molar-refractivity contribution < 1.29 is 4.74 Å². The lowest BCUT2D eigenvalue weighted by molar-refractivity contribution is 0.0974. The minimum absolute atomic E-state index is 0.0928. The Bertz CT molecular complexity index is 1360. The Hall–Kier alpha value is -2.79. The Morgan fingerprint density at radius 3 is 2.72 bits per heavy atom. The molecule has 0 aliphatic carbocycles. The fourth-order valence-electron chi connectivity index (χ4n) is 5.12. The molecular formula is C25H27ClN8OS. The van der Waals surface area contributed by atoms with Crippen LogP contribution in [0.15, 0.2) is 53.0 Å². The molecule has 0 amide bonds. The highest BCUT2D eigenvalue weighted by atomic mass is 35.5. The van der Waals surface area contributed by atoms with Gasteiger partial charge in [0.05, 0.1) is 46.9 Å². The highest BCUT2D eigenvalue weighted by Crippen LogP contribution is 2.42. The lowest BCUT2D eigenvalue weighted by Gasteiger charge is -2.41. The fraction of sp³-hybridized carbons (Fsp3) is 0.400. The lowest BCUT2D eigenvalue weighted by atomic mass is 9.73. The minimum atomic E-state index is 0.0928. The van der Waals surface area contributed by atoms with Crippen molar-refractivity contribution in [3.63, 3.8) is 0 Å². The van der Waals surface area contributed by atoms with Crippen molar-refractivity contribution in [3.05, 3.63) is 59.7 Å². The normalized spacial score (nSPS) is 21.5. The van der Waals surface area contributed by atoms with E-state index >= 15 is 0 Å². The topological polar surface area (TPSA) is 119 Å². The van der Waals surface area contributed by atoms with E-state index in [0.717, 1.165) is 70.8 Å². The summed E-state index contributed by atoms with van der Waals surface area (Å²) in [5.41, 5.74) is 9.00. The number of nitrogens with zero attached hydrogens (tertiary/aromatic N) is 6. The highest BCUT2D eigenvalue weighted by molar-refractivity contribution is 7.99. The molecule has 6 rings (SSSR count). The van der Waals surface area contributed by atoms with E-state index in [2.05, 4.69) is 36.7 Å². The first-order valence-electron chi connectivity index (χ1n) is 12.0. The highest BCUT2D eigenvalue weighted by Gasteiger charge is 2.47. The van der Waals surface area contributed by atoms with Gasteiger partial charge < -0.3 is 20.4 Å². The Morgan fingerprint density at radius 2 is 2.03 bits per heavy atom. The molecule has 11 heteroatoms. The fourth-order valence-corrected chi connectivity index (χ4v) is 6.21. The van der Waals surface area contributed by atoms with Crippen molar-refractivity contribution in [2.45, 2.75) is 48.3 Å². The summed E-state index contributed by atoms with van der Waals surface area (Å²) in [6.45, 7) is 4.64. The van der Waals surface area contributed by atoms with E-state index in [9.17, 15) is 0 Å². The van der Waals surface area contributed by atoms with Gasteiger partial charge in [-0.05, 0) is 31.9 Å². The van der Waals surface area contributed by atoms with Crippen LogP contribution in [0.1, 0.15) is 31.3 Å². The van der Waals surface area contributed by atoms with E-state index in [0.29, 0.717) is 11.4 Å². The van der Waals surface area contributed by atoms with Crippen molar-refractivity contribution >= 4 is 40.2 Å². The molecular weight excluding hydrogens is 496 g/mol. The van der Waals surface area contributed by atoms with Crippen molar-refractivity contribution in [1.82, 2.24) is 29.9 Å². The minimum Gasteiger partial charge on any atom is -0.376 e. The van der Waals surface area contributed by atoms with Crippen LogP contribution in [0.3, 0.4) is 0 Å². The van der Waals surface area contributed by atoms with Crippen molar-refractivity contribution in [2.24, 2.45) is 11.1 Å². The van der Waals surface area contributed by atoms with Crippen LogP contribution in [0.25, 0.3) is 11.0 Å². The zero-order valence-electron chi connectivity index (χ0n) is 19.9. The number of nitrogens with one attached hydrogen (secondary N) is 1. The van der Waals surface area contributed by atoms with Gasteiger partial charge in [-0.15, -0.1) is 0 Å². The molecule has 1 spiro atoms. The number of benzene rings is 1. The van der Waals surface area contributed by atoms with Crippen LogP contribution in [-0.2, 0) is 11.2 Å². The molecule has 2 fully saturated rings. The standard InChI is InChI=1S/C25H27ClN8OS/c1-15-24(27)25(14-35-15)4-8-34(9-5-25)20-12-31-21(13-30-20)36-18-3-2-17-23(22(18)26)33-19(32-17)10-16-11-28-6-7-29-16/h2-3,6-7,11-13,15,24H,4-5,8-10,14,27H2,1H3,(H,32,33)/t15-,24+/m0/s1. The second-order valence-corrected chi connectivity index (χ2v) is 11.0. The van der Waals surface area contributed by atoms with Crippen molar-refractivity contribution in [1.29, 1.82) is 0 Å². The molecule has 186 valence electrons. The largest absolute Gasteiger partial charge is 0.376 e. The summed E-state index contributed by atoms with van der Waals surface area (Å²) in [4.78, 5) is 28.9. The molecule has 0 unspecified atom stereocenters. The third-order valence-corrected chi connectivity index (χ3v) is 8.82. The Balaban J connectivity index is 1.13. The number of ether oxygens (including phenoxy) is 1. The zero-order chi connectivity index (χ0) is 24.7. The van der Waals surface area contributed by atoms with E-state index in [-0.39, 0.29) is 17.6 Å². The van der Waals surface area contributed by atoms with E-state index in [1.807, 2.05) is 24.5 Å². The number of fused-ring (bicyclic) bond motifs is 1. The molecule has 0 bridgehead atoms. The number of rotatable bonds is 5. The average molecular weight is 523 g/mol. The first kappa shape index (κ1) is 23.6. The molecule has 2 aliphatic rings. The van der Waals surface area contributed by atoms with Gasteiger partial charge in [-0.3, -0.25) is 9.97 Å². The molecule has 2 saturated heterocycles. The molecule has 0 radical (unpaired) electrons. The van der Waals surface area contributed by atoms with Crippen LogP contribution in [0.5, 0.6) is 0 Å². The van der Waals surface area contributed by atoms with Crippen LogP contribution in [0.2, 0.25) is 5.02 Å². The second kappa shape index (κ2) is 9.59. The van der Waals surface area contributed by atoms with Gasteiger partial charge >= 0.3 is 0 Å². The molecule has 2 aliphatic heterocycles. The van der Waals surface area contributed by atoms with Gasteiger partial charge in [0.15, 0.2) is 0 Å². The average Bonchev–Trinajstić information content (AvgIpc) is 3.44. The quantitative estimate of drug-likeness (QED) is 0.402. The maximum Gasteiger partial charge on any atom is 0.147 e. The maximum absolute atomic E-state index is 6.75. The van der Waals surface area contributed by atoms with Gasteiger partial charge in [0, 0.05) is 54.5 Å². The summed E-state index contributed by atoms with van der Waals surface area (Å²) in [7, 11) is 0. The lowest BCUT2D eigenvalue weighted by Crippen LogP contribution is -2.50. The Kier molecular flexibility index (Phi) is 6.28. The number of aromatic nitrogens is 6. The number of anilines is 1. The zero-order valence-corrected chi connectivity index (χ0v) is 21.5. The number of hydrogen-bond acceptors (Lipinski definition) is 9. The number of halogens is 1. The summed E-state index contributed by atoms with van der Waals surface area (Å²) < 4.78 is 5.84. The first-order chi connectivity index (χ1) is 17.5. The maximum atomic E-state index is 6.75. The molecule has 9 nitrogen and oxygen atoms in total.